The van der Waals surface area contributed by atoms with E-state index in [0.717, 1.165) is 51.4 Å². The van der Waals surface area contributed by atoms with Gasteiger partial charge in [0.1, 0.15) is 77.5 Å². The second kappa shape index (κ2) is 67.7. The zero-order valence-corrected chi connectivity index (χ0v) is 89.1. The van der Waals surface area contributed by atoms with Crippen LogP contribution in [-0.2, 0) is 89.4 Å². The first-order valence-corrected chi connectivity index (χ1v) is 52.3. The third-order valence-electron chi connectivity index (χ3n) is 25.2. The van der Waals surface area contributed by atoms with Gasteiger partial charge < -0.3 is 81.2 Å². The van der Waals surface area contributed by atoms with Gasteiger partial charge in [0.05, 0.1) is 42.4 Å². The minimum atomic E-state index is -1.42. The summed E-state index contributed by atoms with van der Waals surface area (Å²) in [6.45, 7) is 14.6. The molecule has 37 nitrogen and oxygen atoms in total. The van der Waals surface area contributed by atoms with Crippen LogP contribution in [-0.4, -0.2) is 200 Å². The molecule has 2 heterocycles. The van der Waals surface area contributed by atoms with Crippen molar-refractivity contribution in [1.82, 2.24) is 47.0 Å². The molecule has 0 unspecified atom stereocenters. The Kier molecular flexibility index (Phi) is 56.9. The van der Waals surface area contributed by atoms with Gasteiger partial charge in [0.2, 0.25) is 23.6 Å². The number of hydrogen-bond donors (Lipinski definition) is 8. The van der Waals surface area contributed by atoms with Crippen LogP contribution >= 0.6 is 0 Å². The first-order chi connectivity index (χ1) is 71.1. The van der Waals surface area contributed by atoms with Crippen molar-refractivity contribution in [2.45, 2.75) is 336 Å². The molecule has 9 N–H and O–H groups in total. The molecule has 0 saturated carbocycles. The fraction of sp³-hybridized carbons (Fsp3) is 0.598. The molecule has 2 aliphatic rings. The largest absolute Gasteiger partial charge is 0.483 e. The molecule has 0 radical (unpaired) electrons. The van der Waals surface area contributed by atoms with Crippen molar-refractivity contribution in [3.05, 3.63) is 95.1 Å². The number of carbonyl (C=O) groups is 16. The number of alkyl carbamates (subject to hydrolysis) is 2. The topological polar surface area (TPSA) is 564 Å². The first-order valence-electron chi connectivity index (χ1n) is 52.3. The highest BCUT2D eigenvalue weighted by molar-refractivity contribution is 5.99. The van der Waals surface area contributed by atoms with Crippen molar-refractivity contribution in [1.29, 1.82) is 26.3 Å². The van der Waals surface area contributed by atoms with Crippen LogP contribution in [0.5, 0.6) is 23.0 Å². The highest BCUT2D eigenvalue weighted by Crippen LogP contribution is 2.44. The Balaban J connectivity index is 0.000000524. The van der Waals surface area contributed by atoms with E-state index in [4.69, 9.17) is 49.9 Å². The van der Waals surface area contributed by atoms with Crippen molar-refractivity contribution in [2.24, 2.45) is 29.4 Å². The number of fused-ring (bicyclic) bond motifs is 10. The maximum absolute atomic E-state index is 15.0. The lowest BCUT2D eigenvalue weighted by Crippen LogP contribution is -2.46. The number of ether oxygens (including phenoxy) is 6. The molecule has 0 aromatic heterocycles. The van der Waals surface area contributed by atoms with E-state index in [1.165, 1.54) is 151 Å². The number of hydrogen-bond acceptors (Lipinski definition) is 27. The molecule has 8 bridgehead atoms. The van der Waals surface area contributed by atoms with Crippen molar-refractivity contribution < 1.29 is 105 Å². The molecule has 0 aliphatic carbocycles. The summed E-state index contributed by atoms with van der Waals surface area (Å²) in [6.07, 6.45) is 21.5. The van der Waals surface area contributed by atoms with Gasteiger partial charge in [-0.25, -0.2) is 9.59 Å². The lowest BCUT2D eigenvalue weighted by molar-refractivity contribution is -0.144. The smallest absolute Gasteiger partial charge is 0.407 e. The first kappa shape index (κ1) is 125. The number of unbranched alkanes of at least 4 members (excludes halogenated alkanes) is 20. The molecule has 10 amide bonds. The number of carbonyl (C=O) groups excluding carboxylic acids is 16. The number of rotatable bonds is 59. The van der Waals surface area contributed by atoms with Crippen molar-refractivity contribution >= 4 is 94.1 Å². The van der Waals surface area contributed by atoms with Gasteiger partial charge >= 0.3 is 12.2 Å². The second-order valence-corrected chi connectivity index (χ2v) is 40.1. The fourth-order valence-electron chi connectivity index (χ4n) is 17.4. The Morgan fingerprint density at radius 1 is 0.403 bits per heavy atom. The minimum absolute atomic E-state index is 0.00861. The SMILES string of the molecule is CCCCCCCCCCCCCC(=O)C[C@@H](CCNC(=O)OC(C)(C)C)C(=O)N(C)[C@@H]1C(=O)C[C@@H](C)C(=O)N[C@H](C(=O)CCC#N)Cc2ccc(OCC(=O)NCC#N)c(c2)-c2cc1ccc2OCC(=O)NCC#N.CCCCCCCCCCCCCC(=O)C[C@@H](CCNC(=O)OC(C)(C)C)C(=O)N(C)[C@@H]1C(=O)C[C@@H](C)C(=O)N[C@H](C(=O)CCC#N)Cc2ccc(OCC(=O)NCC#N)c(c2)-c2cc1ccc2OCC(N)=O. The Morgan fingerprint density at radius 3 is 1.01 bits per heavy atom. The molecule has 810 valence electrons. The van der Waals surface area contributed by atoms with Crippen LogP contribution < -0.4 is 61.9 Å². The van der Waals surface area contributed by atoms with Crippen LogP contribution in [0.15, 0.2) is 72.8 Å². The van der Waals surface area contributed by atoms with Crippen LogP contribution in [0.3, 0.4) is 0 Å². The van der Waals surface area contributed by atoms with E-state index in [2.05, 4.69) is 51.1 Å². The van der Waals surface area contributed by atoms with Gasteiger partial charge in [-0.3, -0.25) is 67.1 Å². The third kappa shape index (κ3) is 47.3. The molecule has 0 spiro atoms. The lowest BCUT2D eigenvalue weighted by Gasteiger charge is -2.32. The number of nitriles is 5. The van der Waals surface area contributed by atoms with Crippen molar-refractivity contribution in [3.63, 3.8) is 0 Å². The summed E-state index contributed by atoms with van der Waals surface area (Å²) in [5, 5.41) is 63.9. The number of nitrogens with two attached hydrogens (primary N) is 1. The Morgan fingerprint density at radius 2 is 0.705 bits per heavy atom. The summed E-state index contributed by atoms with van der Waals surface area (Å²) >= 11 is 0. The van der Waals surface area contributed by atoms with Crippen molar-refractivity contribution in [3.8, 4) is 75.6 Å². The molecule has 149 heavy (non-hydrogen) atoms. The van der Waals surface area contributed by atoms with E-state index in [-0.39, 0.29) is 178 Å². The summed E-state index contributed by atoms with van der Waals surface area (Å²) in [5.41, 5.74) is 6.30. The molecule has 4 aromatic carbocycles. The monoisotopic (exact) mass is 2060 g/mol. The summed E-state index contributed by atoms with van der Waals surface area (Å²) in [5.74, 6) is -11.1. The number of nitrogens with zero attached hydrogens (tertiary/aromatic N) is 7. The molecule has 6 rings (SSSR count). The van der Waals surface area contributed by atoms with Crippen LogP contribution in [0.25, 0.3) is 22.3 Å². The van der Waals surface area contributed by atoms with Crippen LogP contribution in [0.4, 0.5) is 9.59 Å². The van der Waals surface area contributed by atoms with Crippen LogP contribution in [0.2, 0.25) is 0 Å². The Hall–Kier alpha value is -14.2. The van der Waals surface area contributed by atoms with Gasteiger partial charge in [-0.2, -0.15) is 26.3 Å². The average molecular weight is 2060 g/mol. The van der Waals surface area contributed by atoms with E-state index in [1.54, 1.807) is 77.9 Å². The predicted molar refractivity (Wildman–Crippen MR) is 556 cm³/mol. The number of Topliss-reactive ketones (excluding diaryl/α,β-unsaturated/α-hetero) is 6. The van der Waals surface area contributed by atoms with E-state index in [0.29, 0.717) is 24.0 Å². The molecule has 0 saturated heterocycles. The molecule has 0 fully saturated rings. The molecular weight excluding hydrogens is 1910 g/mol. The second-order valence-electron chi connectivity index (χ2n) is 40.1. The molecule has 8 atom stereocenters. The third-order valence-corrected chi connectivity index (χ3v) is 25.2. The number of benzene rings is 4. The maximum Gasteiger partial charge on any atom is 0.407 e. The van der Waals surface area contributed by atoms with Gasteiger partial charge in [-0.05, 0) is 151 Å². The number of amides is 10. The summed E-state index contributed by atoms with van der Waals surface area (Å²) in [6, 6.07) is 23.0. The van der Waals surface area contributed by atoms with Crippen LogP contribution in [0, 0.1) is 80.3 Å². The van der Waals surface area contributed by atoms with Gasteiger partial charge in [-0.1, -0.05) is 180 Å². The standard InChI is InChI=1S/C57H78N8O11.C55H77N7O11/c1-7-8-9-10-11-12-13-14-15-16-17-19-43(66)35-42(25-29-63-56(73)76-57(3,4)5)55(72)65(6)53-41-22-24-50(75-38-52(70)62-31-28-60)45(36-41)44-33-40(21-23-49(44)74-37-51(69)61-30-27-59)34-46(47(67)20-18-26-58)64-54(71)39(2)32-48(53)68;1-7-8-9-10-11-12-13-14-15-16-17-19-41(63)33-40(25-28-60-54(70)73-55(3,4)5)53(69)62(6)51-39-22-24-48(71-35-49(58)66)43(34-39)42-31-38(21-23-47(42)72-36-50(67)59-29-27-57)32-44(45(64)20-18-26-56)61-52(68)37(2)30-46(51)65/h21-24,33,36,39,42,46,53H,7-20,25,29-32,34-35,37-38H2,1-6H3,(H,61,69)(H,62,70)(H,63,73)(H,64,71);21-24,31,34,37,40,44,51H,7-20,25,28-30,32-33,35-36H2,1-6H3,(H2,58,66)(H,59,67)(H,60,70)(H,61,68)/t39-,42-,46+,53+;37-,40-,44+,51+/m11/s1. The minimum Gasteiger partial charge on any atom is -0.483 e. The number of nitrogens with one attached hydrogen (secondary N) is 7. The van der Waals surface area contributed by atoms with Gasteiger partial charge in [0.25, 0.3) is 23.6 Å². The van der Waals surface area contributed by atoms with E-state index in [1.807, 2.05) is 30.3 Å². The van der Waals surface area contributed by atoms with Crippen molar-refractivity contribution in [2.75, 3.05) is 73.2 Å². The summed E-state index contributed by atoms with van der Waals surface area (Å²) < 4.78 is 34.8. The highest BCUT2D eigenvalue weighted by Gasteiger charge is 2.40. The van der Waals surface area contributed by atoms with Gasteiger partial charge in [-0.15, -0.1) is 0 Å². The molecule has 2 aliphatic heterocycles. The molecule has 4 aromatic rings. The molecule has 37 heteroatoms. The number of primary amides is 1. The zero-order valence-electron chi connectivity index (χ0n) is 89.1. The van der Waals surface area contributed by atoms with Gasteiger partial charge in [0.15, 0.2) is 49.6 Å². The fourth-order valence-corrected chi connectivity index (χ4v) is 17.4. The number of likely N-dealkylation sites (N-methyl/N-ethyl adjacent to an activating group) is 2. The Labute approximate surface area is 877 Å². The highest BCUT2D eigenvalue weighted by atomic mass is 16.6. The van der Waals surface area contributed by atoms with E-state index >= 15 is 4.79 Å². The summed E-state index contributed by atoms with van der Waals surface area (Å²) in [7, 11) is 2.85. The molecular formula is C112H155N15O22. The summed E-state index contributed by atoms with van der Waals surface area (Å²) in [4.78, 5) is 221. The lowest BCUT2D eigenvalue weighted by atomic mass is 9.88. The normalized spacial score (nSPS) is 15.9. The predicted octanol–water partition coefficient (Wildman–Crippen LogP) is 15.0. The maximum atomic E-state index is 15.0. The van der Waals surface area contributed by atoms with E-state index in [9.17, 15) is 82.4 Å². The number of ketones is 6. The Bertz CT molecular complexity index is 5380. The zero-order chi connectivity index (χ0) is 110. The average Bonchev–Trinajstić information content (AvgIpc) is 0.779. The van der Waals surface area contributed by atoms with Crippen LogP contribution in [0.1, 0.15) is 322 Å². The van der Waals surface area contributed by atoms with Gasteiger partial charge in [0, 0.05) is 137 Å². The quantitative estimate of drug-likeness (QED) is 0.0150. The van der Waals surface area contributed by atoms with E-state index < -0.39 is 181 Å².